The van der Waals surface area contributed by atoms with Crippen molar-refractivity contribution in [3.8, 4) is 0 Å². The standard InChI is InChI=1S/C15H17N3O/c1-11(12-6-3-2-4-7-12)10-18-15-13(14(16)19)8-5-9-17-15/h2-9,11H,10H2,1H3,(H2,16,19)(H,17,18). The fourth-order valence-corrected chi connectivity index (χ4v) is 1.89. The fourth-order valence-electron chi connectivity index (χ4n) is 1.89. The molecule has 0 aliphatic rings. The molecule has 3 N–H and O–H groups in total. The third kappa shape index (κ3) is 3.31. The number of amides is 1. The van der Waals surface area contributed by atoms with Gasteiger partial charge in [-0.1, -0.05) is 37.3 Å². The van der Waals surface area contributed by atoms with Crippen molar-refractivity contribution in [2.45, 2.75) is 12.8 Å². The number of carbonyl (C=O) groups excluding carboxylic acids is 1. The molecular formula is C15H17N3O. The molecule has 2 rings (SSSR count). The van der Waals surface area contributed by atoms with Crippen LogP contribution in [0.5, 0.6) is 0 Å². The van der Waals surface area contributed by atoms with Crippen molar-refractivity contribution in [2.24, 2.45) is 5.73 Å². The number of primary amides is 1. The van der Waals surface area contributed by atoms with Crippen molar-refractivity contribution in [3.63, 3.8) is 0 Å². The number of carbonyl (C=O) groups is 1. The lowest BCUT2D eigenvalue weighted by atomic mass is 10.0. The van der Waals surface area contributed by atoms with Gasteiger partial charge in [0, 0.05) is 12.7 Å². The lowest BCUT2D eigenvalue weighted by molar-refractivity contribution is 0.100. The molecule has 4 nitrogen and oxygen atoms in total. The van der Waals surface area contributed by atoms with Crippen LogP contribution >= 0.6 is 0 Å². The Kier molecular flexibility index (Phi) is 4.13. The minimum absolute atomic E-state index is 0.323. The van der Waals surface area contributed by atoms with Crippen molar-refractivity contribution in [1.29, 1.82) is 0 Å². The summed E-state index contributed by atoms with van der Waals surface area (Å²) in [6, 6.07) is 13.6. The highest BCUT2D eigenvalue weighted by molar-refractivity contribution is 5.97. The minimum Gasteiger partial charge on any atom is -0.369 e. The van der Waals surface area contributed by atoms with Crippen molar-refractivity contribution in [3.05, 3.63) is 59.8 Å². The van der Waals surface area contributed by atoms with Gasteiger partial charge in [-0.3, -0.25) is 4.79 Å². The summed E-state index contributed by atoms with van der Waals surface area (Å²) in [5.41, 5.74) is 6.97. The van der Waals surface area contributed by atoms with Crippen molar-refractivity contribution < 1.29 is 4.79 Å². The number of pyridine rings is 1. The molecule has 0 bridgehead atoms. The zero-order valence-corrected chi connectivity index (χ0v) is 10.8. The highest BCUT2D eigenvalue weighted by atomic mass is 16.1. The van der Waals surface area contributed by atoms with Crippen LogP contribution in [-0.2, 0) is 0 Å². The van der Waals surface area contributed by atoms with E-state index in [1.165, 1.54) is 5.56 Å². The van der Waals surface area contributed by atoms with Gasteiger partial charge in [0.15, 0.2) is 0 Å². The number of nitrogens with one attached hydrogen (secondary N) is 1. The number of hydrogen-bond donors (Lipinski definition) is 2. The molecule has 98 valence electrons. The quantitative estimate of drug-likeness (QED) is 0.862. The Bertz CT molecular complexity index is 554. The zero-order valence-electron chi connectivity index (χ0n) is 10.8. The molecule has 0 spiro atoms. The maximum Gasteiger partial charge on any atom is 0.252 e. The van der Waals surface area contributed by atoms with E-state index in [9.17, 15) is 4.79 Å². The van der Waals surface area contributed by atoms with E-state index in [1.54, 1.807) is 18.3 Å². The van der Waals surface area contributed by atoms with Gasteiger partial charge in [0.1, 0.15) is 5.82 Å². The normalized spacial score (nSPS) is 11.8. The van der Waals surface area contributed by atoms with Gasteiger partial charge in [-0.15, -0.1) is 0 Å². The summed E-state index contributed by atoms with van der Waals surface area (Å²) in [4.78, 5) is 15.4. The third-order valence-electron chi connectivity index (χ3n) is 3.02. The van der Waals surface area contributed by atoms with Crippen molar-refractivity contribution in [2.75, 3.05) is 11.9 Å². The average Bonchev–Trinajstić information content (AvgIpc) is 2.46. The topological polar surface area (TPSA) is 68.0 Å². The summed E-state index contributed by atoms with van der Waals surface area (Å²) in [5, 5.41) is 3.18. The smallest absolute Gasteiger partial charge is 0.252 e. The van der Waals surface area contributed by atoms with E-state index in [0.29, 0.717) is 23.8 Å². The highest BCUT2D eigenvalue weighted by Crippen LogP contribution is 2.17. The molecule has 1 aromatic carbocycles. The first-order chi connectivity index (χ1) is 9.18. The summed E-state index contributed by atoms with van der Waals surface area (Å²) >= 11 is 0. The van der Waals surface area contributed by atoms with E-state index in [2.05, 4.69) is 29.4 Å². The average molecular weight is 255 g/mol. The fraction of sp³-hybridized carbons (Fsp3) is 0.200. The summed E-state index contributed by atoms with van der Waals surface area (Å²) in [6.45, 7) is 2.82. The number of anilines is 1. The van der Waals surface area contributed by atoms with Crippen LogP contribution in [0.2, 0.25) is 0 Å². The van der Waals surface area contributed by atoms with Crippen LogP contribution in [0, 0.1) is 0 Å². The van der Waals surface area contributed by atoms with E-state index < -0.39 is 5.91 Å². The highest BCUT2D eigenvalue weighted by Gasteiger charge is 2.10. The molecule has 0 saturated heterocycles. The molecule has 0 radical (unpaired) electrons. The first kappa shape index (κ1) is 13.1. The van der Waals surface area contributed by atoms with Crippen LogP contribution < -0.4 is 11.1 Å². The Morgan fingerprint density at radius 2 is 2.00 bits per heavy atom. The Morgan fingerprint density at radius 3 is 2.68 bits per heavy atom. The first-order valence-electron chi connectivity index (χ1n) is 6.22. The lowest BCUT2D eigenvalue weighted by Gasteiger charge is -2.14. The summed E-state index contributed by atoms with van der Waals surface area (Å²) in [6.07, 6.45) is 1.64. The molecule has 1 amide bonds. The maximum atomic E-state index is 11.3. The second-order valence-electron chi connectivity index (χ2n) is 4.46. The predicted molar refractivity (Wildman–Crippen MR) is 76.1 cm³/mol. The maximum absolute atomic E-state index is 11.3. The van der Waals surface area contributed by atoms with Crippen LogP contribution in [0.4, 0.5) is 5.82 Å². The second kappa shape index (κ2) is 6.00. The van der Waals surface area contributed by atoms with Gasteiger partial charge in [0.2, 0.25) is 0 Å². The molecule has 19 heavy (non-hydrogen) atoms. The summed E-state index contributed by atoms with van der Waals surface area (Å²) in [7, 11) is 0. The second-order valence-corrected chi connectivity index (χ2v) is 4.46. The molecule has 0 aliphatic carbocycles. The molecule has 0 fully saturated rings. The van der Waals surface area contributed by atoms with Gasteiger partial charge in [-0.05, 0) is 23.6 Å². The van der Waals surface area contributed by atoms with Crippen LogP contribution in [0.15, 0.2) is 48.7 Å². The molecule has 0 saturated carbocycles. The SMILES string of the molecule is CC(CNc1ncccc1C(N)=O)c1ccccc1. The lowest BCUT2D eigenvalue weighted by Crippen LogP contribution is -2.17. The van der Waals surface area contributed by atoms with Crippen molar-refractivity contribution in [1.82, 2.24) is 4.98 Å². The van der Waals surface area contributed by atoms with Crippen molar-refractivity contribution >= 4 is 11.7 Å². The monoisotopic (exact) mass is 255 g/mol. The number of nitrogens with zero attached hydrogens (tertiary/aromatic N) is 1. The third-order valence-corrected chi connectivity index (χ3v) is 3.02. The Labute approximate surface area is 112 Å². The number of rotatable bonds is 5. The van der Waals surface area contributed by atoms with Gasteiger partial charge in [-0.25, -0.2) is 4.98 Å². The number of aromatic nitrogens is 1. The molecule has 1 aromatic heterocycles. The number of nitrogens with two attached hydrogens (primary N) is 1. The predicted octanol–water partition coefficient (Wildman–Crippen LogP) is 2.40. The molecular weight excluding hydrogens is 238 g/mol. The van der Waals surface area contributed by atoms with Gasteiger partial charge in [0.05, 0.1) is 5.56 Å². The number of benzene rings is 1. The van der Waals surface area contributed by atoms with E-state index in [-0.39, 0.29) is 0 Å². The first-order valence-corrected chi connectivity index (χ1v) is 6.22. The Balaban J connectivity index is 2.05. The van der Waals surface area contributed by atoms with Crippen LogP contribution in [0.25, 0.3) is 0 Å². The van der Waals surface area contributed by atoms with Gasteiger partial charge >= 0.3 is 0 Å². The molecule has 2 aromatic rings. The van der Waals surface area contributed by atoms with Gasteiger partial charge in [-0.2, -0.15) is 0 Å². The van der Waals surface area contributed by atoms with E-state index >= 15 is 0 Å². The molecule has 4 heteroatoms. The van der Waals surface area contributed by atoms with E-state index in [4.69, 9.17) is 5.73 Å². The number of hydrogen-bond acceptors (Lipinski definition) is 3. The minimum atomic E-state index is -0.469. The van der Waals surface area contributed by atoms with Crippen LogP contribution in [0.3, 0.4) is 0 Å². The largest absolute Gasteiger partial charge is 0.369 e. The van der Waals surface area contributed by atoms with Gasteiger partial charge in [0.25, 0.3) is 5.91 Å². The van der Waals surface area contributed by atoms with E-state index in [1.807, 2.05) is 18.2 Å². The summed E-state index contributed by atoms with van der Waals surface area (Å²) in [5.74, 6) is 0.393. The van der Waals surface area contributed by atoms with Crippen LogP contribution in [-0.4, -0.2) is 17.4 Å². The summed E-state index contributed by atoms with van der Waals surface area (Å²) < 4.78 is 0. The van der Waals surface area contributed by atoms with E-state index in [0.717, 1.165) is 0 Å². The zero-order chi connectivity index (χ0) is 13.7. The molecule has 1 unspecified atom stereocenters. The van der Waals surface area contributed by atoms with Crippen LogP contribution in [0.1, 0.15) is 28.8 Å². The van der Waals surface area contributed by atoms with Gasteiger partial charge < -0.3 is 11.1 Å². The Morgan fingerprint density at radius 1 is 1.26 bits per heavy atom. The Hall–Kier alpha value is -2.36. The molecule has 1 heterocycles. The molecule has 0 aliphatic heterocycles. The molecule has 1 atom stereocenters.